The molecule has 0 saturated heterocycles. The van der Waals surface area contributed by atoms with Gasteiger partial charge in [0.15, 0.2) is 0 Å². The minimum absolute atomic E-state index is 0.000297. The van der Waals surface area contributed by atoms with E-state index in [0.29, 0.717) is 18.5 Å². The van der Waals surface area contributed by atoms with Gasteiger partial charge in [-0.3, -0.25) is 10.1 Å². The van der Waals surface area contributed by atoms with E-state index in [-0.39, 0.29) is 17.0 Å². The zero-order valence-electron chi connectivity index (χ0n) is 11.6. The Morgan fingerprint density at radius 1 is 1.38 bits per heavy atom. The van der Waals surface area contributed by atoms with Gasteiger partial charge < -0.3 is 5.32 Å². The van der Waals surface area contributed by atoms with Crippen LogP contribution in [0, 0.1) is 10.1 Å². The molecule has 0 spiro atoms. The van der Waals surface area contributed by atoms with Crippen LogP contribution < -0.4 is 5.32 Å². The lowest BCUT2D eigenvalue weighted by molar-refractivity contribution is -0.384. The smallest absolute Gasteiger partial charge is 0.292 e. The van der Waals surface area contributed by atoms with E-state index in [1.807, 2.05) is 0 Å². The van der Waals surface area contributed by atoms with Crippen molar-refractivity contribution in [2.45, 2.75) is 37.0 Å². The summed E-state index contributed by atoms with van der Waals surface area (Å²) in [6, 6.07) is 4.64. The monoisotopic (exact) mass is 376 g/mol. The van der Waals surface area contributed by atoms with Gasteiger partial charge in [-0.05, 0) is 31.4 Å². The molecule has 0 heterocycles. The van der Waals surface area contributed by atoms with E-state index in [1.54, 1.807) is 12.1 Å². The van der Waals surface area contributed by atoms with Crippen molar-refractivity contribution in [1.29, 1.82) is 0 Å². The molecule has 8 heteroatoms. The normalized spacial score (nSPS) is 22.8. The van der Waals surface area contributed by atoms with Crippen molar-refractivity contribution in [2.24, 2.45) is 0 Å². The first kappa shape index (κ1) is 16.2. The average molecular weight is 377 g/mol. The van der Waals surface area contributed by atoms with Crippen LogP contribution in [0.5, 0.6) is 0 Å². The first-order valence-corrected chi connectivity index (χ1v) is 9.41. The molecule has 0 amide bonds. The van der Waals surface area contributed by atoms with Crippen molar-refractivity contribution >= 4 is 37.1 Å². The van der Waals surface area contributed by atoms with Crippen molar-refractivity contribution in [3.8, 4) is 0 Å². The summed E-state index contributed by atoms with van der Waals surface area (Å²) in [6.07, 6.45) is 4.02. The third kappa shape index (κ3) is 4.16. The number of nitro benzene ring substituents is 1. The van der Waals surface area contributed by atoms with Gasteiger partial charge in [-0.2, -0.15) is 0 Å². The number of rotatable bonds is 4. The fourth-order valence-electron chi connectivity index (χ4n) is 2.67. The van der Waals surface area contributed by atoms with Crippen molar-refractivity contribution in [3.63, 3.8) is 0 Å². The van der Waals surface area contributed by atoms with Crippen molar-refractivity contribution in [3.05, 3.63) is 32.8 Å². The lowest BCUT2D eigenvalue weighted by Crippen LogP contribution is -2.34. The highest BCUT2D eigenvalue weighted by molar-refractivity contribution is 9.10. The van der Waals surface area contributed by atoms with E-state index < -0.39 is 14.8 Å². The number of anilines is 1. The quantitative estimate of drug-likeness (QED) is 0.643. The maximum absolute atomic E-state index is 11.7. The Kier molecular flexibility index (Phi) is 4.88. The van der Waals surface area contributed by atoms with Gasteiger partial charge in [0.05, 0.1) is 10.2 Å². The van der Waals surface area contributed by atoms with Crippen LogP contribution in [0.25, 0.3) is 0 Å². The third-order valence-corrected chi connectivity index (χ3v) is 5.88. The minimum Gasteiger partial charge on any atom is -0.377 e. The highest BCUT2D eigenvalue weighted by Gasteiger charge is 2.29. The standard InChI is InChI=1S/C13H17BrN2O4S/c1-21(19,20)11-4-2-3-10(8-11)15-12-7-9(14)5-6-13(12)16(17)18/h5-7,10-11,15H,2-4,8H2,1H3. The molecule has 1 aromatic carbocycles. The van der Waals surface area contributed by atoms with E-state index in [0.717, 1.165) is 17.3 Å². The predicted molar refractivity (Wildman–Crippen MR) is 85.3 cm³/mol. The Morgan fingerprint density at radius 3 is 2.71 bits per heavy atom. The molecule has 0 aliphatic heterocycles. The second kappa shape index (κ2) is 6.31. The van der Waals surface area contributed by atoms with Gasteiger partial charge in [-0.25, -0.2) is 8.42 Å². The first-order chi connectivity index (χ1) is 9.77. The fraction of sp³-hybridized carbons (Fsp3) is 0.538. The van der Waals surface area contributed by atoms with E-state index in [1.165, 1.54) is 12.3 Å². The van der Waals surface area contributed by atoms with E-state index in [4.69, 9.17) is 0 Å². The topological polar surface area (TPSA) is 89.3 Å². The van der Waals surface area contributed by atoms with Gasteiger partial charge in [0, 0.05) is 22.8 Å². The maximum Gasteiger partial charge on any atom is 0.292 e. The van der Waals surface area contributed by atoms with Crippen LogP contribution >= 0.6 is 15.9 Å². The molecule has 6 nitrogen and oxygen atoms in total. The van der Waals surface area contributed by atoms with Gasteiger partial charge in [-0.1, -0.05) is 22.4 Å². The van der Waals surface area contributed by atoms with Gasteiger partial charge in [0.25, 0.3) is 5.69 Å². The van der Waals surface area contributed by atoms with Crippen LogP contribution in [0.15, 0.2) is 22.7 Å². The number of hydrogen-bond donors (Lipinski definition) is 1. The summed E-state index contributed by atoms with van der Waals surface area (Å²) in [5.74, 6) is 0. The molecule has 1 aliphatic rings. The van der Waals surface area contributed by atoms with Crippen LogP contribution in [-0.2, 0) is 9.84 Å². The van der Waals surface area contributed by atoms with Crippen molar-refractivity contribution in [2.75, 3.05) is 11.6 Å². The van der Waals surface area contributed by atoms with E-state index in [9.17, 15) is 18.5 Å². The molecule has 1 N–H and O–H groups in total. The highest BCUT2D eigenvalue weighted by atomic mass is 79.9. The number of benzene rings is 1. The molecule has 1 aliphatic carbocycles. The largest absolute Gasteiger partial charge is 0.377 e. The molecule has 0 bridgehead atoms. The Balaban J connectivity index is 2.18. The average Bonchev–Trinajstić information content (AvgIpc) is 2.37. The van der Waals surface area contributed by atoms with Crippen LogP contribution in [0.3, 0.4) is 0 Å². The van der Waals surface area contributed by atoms with Crippen molar-refractivity contribution in [1.82, 2.24) is 0 Å². The van der Waals surface area contributed by atoms with Crippen LogP contribution in [0.2, 0.25) is 0 Å². The summed E-state index contributed by atoms with van der Waals surface area (Å²) in [7, 11) is -3.07. The van der Waals surface area contributed by atoms with Gasteiger partial charge in [0.1, 0.15) is 15.5 Å². The number of halogens is 1. The molecule has 0 radical (unpaired) electrons. The molecule has 2 atom stereocenters. The molecule has 21 heavy (non-hydrogen) atoms. The minimum atomic E-state index is -3.07. The van der Waals surface area contributed by atoms with Crippen molar-refractivity contribution < 1.29 is 13.3 Å². The molecular weight excluding hydrogens is 360 g/mol. The lowest BCUT2D eigenvalue weighted by Gasteiger charge is -2.29. The maximum atomic E-state index is 11.7. The van der Waals surface area contributed by atoms with Gasteiger partial charge in [0.2, 0.25) is 0 Å². The first-order valence-electron chi connectivity index (χ1n) is 6.66. The molecule has 1 fully saturated rings. The molecule has 116 valence electrons. The number of nitro groups is 1. The van der Waals surface area contributed by atoms with E-state index >= 15 is 0 Å². The summed E-state index contributed by atoms with van der Waals surface area (Å²) in [5.41, 5.74) is 0.424. The zero-order chi connectivity index (χ0) is 15.6. The van der Waals surface area contributed by atoms with Crippen LogP contribution in [-0.4, -0.2) is 30.9 Å². The second-order valence-electron chi connectivity index (χ2n) is 5.38. The molecular formula is C13H17BrN2O4S. The summed E-state index contributed by atoms with van der Waals surface area (Å²) in [5, 5.41) is 13.8. The summed E-state index contributed by atoms with van der Waals surface area (Å²) >= 11 is 3.30. The van der Waals surface area contributed by atoms with Crippen LogP contribution in [0.4, 0.5) is 11.4 Å². The Hall–Kier alpha value is -1.15. The summed E-state index contributed by atoms with van der Waals surface area (Å²) < 4.78 is 24.1. The zero-order valence-corrected chi connectivity index (χ0v) is 14.0. The Morgan fingerprint density at radius 2 is 2.10 bits per heavy atom. The highest BCUT2D eigenvalue weighted by Crippen LogP contribution is 2.32. The summed E-state index contributed by atoms with van der Waals surface area (Å²) in [4.78, 5) is 10.6. The Bertz CT molecular complexity index is 648. The molecule has 1 saturated carbocycles. The fourth-order valence-corrected chi connectivity index (χ4v) is 4.21. The van der Waals surface area contributed by atoms with Gasteiger partial charge >= 0.3 is 0 Å². The number of nitrogens with zero attached hydrogens (tertiary/aromatic N) is 1. The predicted octanol–water partition coefficient (Wildman–Crippen LogP) is 3.13. The molecule has 2 rings (SSSR count). The molecule has 1 aromatic rings. The third-order valence-electron chi connectivity index (χ3n) is 3.75. The SMILES string of the molecule is CS(=O)(=O)C1CCCC(Nc2cc(Br)ccc2[N+](=O)[O-])C1. The summed E-state index contributed by atoms with van der Waals surface area (Å²) in [6.45, 7) is 0. The number of sulfone groups is 1. The Labute approximate surface area is 132 Å². The molecule has 2 unspecified atom stereocenters. The number of hydrogen-bond acceptors (Lipinski definition) is 5. The van der Waals surface area contributed by atoms with Gasteiger partial charge in [-0.15, -0.1) is 0 Å². The number of nitrogens with one attached hydrogen (secondary N) is 1. The second-order valence-corrected chi connectivity index (χ2v) is 8.62. The van der Waals surface area contributed by atoms with Crippen LogP contribution in [0.1, 0.15) is 25.7 Å². The lowest BCUT2D eigenvalue weighted by atomic mass is 9.94. The van der Waals surface area contributed by atoms with E-state index in [2.05, 4.69) is 21.2 Å². The molecule has 0 aromatic heterocycles.